The molecule has 1 aromatic rings. The van der Waals surface area contributed by atoms with E-state index in [1.807, 2.05) is 12.1 Å². The minimum absolute atomic E-state index is 0.333. The Labute approximate surface area is 81.5 Å². The van der Waals surface area contributed by atoms with Gasteiger partial charge in [0.15, 0.2) is 0 Å². The predicted molar refractivity (Wildman–Crippen MR) is 51.4 cm³/mol. The van der Waals surface area contributed by atoms with Gasteiger partial charge in [-0.25, -0.2) is 4.39 Å². The van der Waals surface area contributed by atoms with Gasteiger partial charge in [-0.2, -0.15) is 0 Å². The summed E-state index contributed by atoms with van der Waals surface area (Å²) < 4.78 is 11.7. The molecule has 0 heterocycles. The first-order chi connectivity index (χ1) is 6.24. The van der Waals surface area contributed by atoms with Crippen LogP contribution in [-0.4, -0.2) is 11.2 Å². The Kier molecular flexibility index (Phi) is 3.93. The van der Waals surface area contributed by atoms with Crippen molar-refractivity contribution in [1.29, 1.82) is 0 Å². The molecule has 1 atom stereocenters. The van der Waals surface area contributed by atoms with Gasteiger partial charge in [0.2, 0.25) is 0 Å². The fraction of sp³-hybridized carbons (Fsp3) is 0.200. The lowest BCUT2D eigenvalue weighted by molar-refractivity contribution is 0.222. The third-order valence-electron chi connectivity index (χ3n) is 1.68. The maximum atomic E-state index is 11.7. The average Bonchev–Trinajstić information content (AvgIpc) is 2.09. The van der Waals surface area contributed by atoms with Gasteiger partial charge in [-0.3, -0.25) is 0 Å². The van der Waals surface area contributed by atoms with E-state index in [2.05, 4.69) is 0 Å². The van der Waals surface area contributed by atoms with Gasteiger partial charge in [0.05, 0.1) is 12.4 Å². The van der Waals surface area contributed by atoms with Gasteiger partial charge < -0.3 is 5.11 Å². The number of benzene rings is 1. The third-order valence-corrected chi connectivity index (χ3v) is 2.05. The van der Waals surface area contributed by atoms with Crippen LogP contribution in [-0.2, 0) is 6.42 Å². The van der Waals surface area contributed by atoms with Crippen LogP contribution in [0, 0.1) is 0 Å². The first kappa shape index (κ1) is 10.2. The number of rotatable bonds is 3. The molecule has 0 saturated heterocycles. The molecule has 0 aliphatic rings. The molecule has 1 nitrogen and oxygen atoms in total. The van der Waals surface area contributed by atoms with Gasteiger partial charge in [-0.1, -0.05) is 29.8 Å². The van der Waals surface area contributed by atoms with Crippen LogP contribution in [0.5, 0.6) is 0 Å². The molecular weight excluding hydrogens is 191 g/mol. The van der Waals surface area contributed by atoms with Gasteiger partial charge in [-0.15, -0.1) is 0 Å². The van der Waals surface area contributed by atoms with Crippen molar-refractivity contribution in [2.24, 2.45) is 0 Å². The normalized spacial score (nSPS) is 13.5. The van der Waals surface area contributed by atoms with Crippen molar-refractivity contribution in [2.45, 2.75) is 12.5 Å². The largest absolute Gasteiger partial charge is 0.389 e. The van der Waals surface area contributed by atoms with Crippen LogP contribution in [0.1, 0.15) is 5.56 Å². The molecule has 1 N–H and O–H groups in total. The second-order valence-electron chi connectivity index (χ2n) is 2.68. The van der Waals surface area contributed by atoms with E-state index in [4.69, 9.17) is 11.6 Å². The van der Waals surface area contributed by atoms with E-state index in [1.165, 1.54) is 0 Å². The summed E-state index contributed by atoms with van der Waals surface area (Å²) in [4.78, 5) is 0. The summed E-state index contributed by atoms with van der Waals surface area (Å²) in [7, 11) is 0. The van der Waals surface area contributed by atoms with Crippen LogP contribution in [0.25, 0.3) is 0 Å². The molecule has 13 heavy (non-hydrogen) atoms. The lowest BCUT2D eigenvalue weighted by Gasteiger charge is -2.06. The average molecular weight is 201 g/mol. The fourth-order valence-corrected chi connectivity index (χ4v) is 1.25. The SMILES string of the molecule is OC(/C=C/F)Cc1ccccc1Cl. The van der Waals surface area contributed by atoms with Gasteiger partial charge >= 0.3 is 0 Å². The molecule has 0 radical (unpaired) electrons. The second kappa shape index (κ2) is 5.00. The summed E-state index contributed by atoms with van der Waals surface area (Å²) in [5, 5.41) is 9.83. The Hall–Kier alpha value is -0.860. The molecule has 0 bridgehead atoms. The standard InChI is InChI=1S/C10H10ClFO/c11-10-4-2-1-3-8(10)7-9(13)5-6-12/h1-6,9,13H,7H2/b6-5+. The number of hydrogen-bond donors (Lipinski definition) is 1. The zero-order chi connectivity index (χ0) is 9.68. The first-order valence-electron chi connectivity index (χ1n) is 3.92. The highest BCUT2D eigenvalue weighted by atomic mass is 35.5. The Bertz CT molecular complexity index is 299. The van der Waals surface area contributed by atoms with Crippen molar-refractivity contribution in [3.05, 3.63) is 47.3 Å². The fourth-order valence-electron chi connectivity index (χ4n) is 1.04. The van der Waals surface area contributed by atoms with Gasteiger partial charge in [-0.05, 0) is 17.7 Å². The van der Waals surface area contributed by atoms with Crippen molar-refractivity contribution in [2.75, 3.05) is 0 Å². The molecule has 1 unspecified atom stereocenters. The molecule has 0 aliphatic heterocycles. The Morgan fingerprint density at radius 1 is 1.46 bits per heavy atom. The van der Waals surface area contributed by atoms with Crippen LogP contribution < -0.4 is 0 Å². The van der Waals surface area contributed by atoms with Crippen LogP contribution in [0.3, 0.4) is 0 Å². The Morgan fingerprint density at radius 3 is 2.77 bits per heavy atom. The number of hydrogen-bond acceptors (Lipinski definition) is 1. The van der Waals surface area contributed by atoms with Crippen LogP contribution in [0.2, 0.25) is 5.02 Å². The van der Waals surface area contributed by atoms with E-state index in [0.717, 1.165) is 11.6 Å². The molecule has 0 fully saturated rings. The summed E-state index contributed by atoms with van der Waals surface area (Å²) >= 11 is 5.84. The minimum Gasteiger partial charge on any atom is -0.389 e. The first-order valence-corrected chi connectivity index (χ1v) is 4.30. The summed E-state index contributed by atoms with van der Waals surface area (Å²) in [6.07, 6.45) is 0.940. The number of aliphatic hydroxyl groups excluding tert-OH is 1. The van der Waals surface area contributed by atoms with E-state index in [9.17, 15) is 9.50 Å². The Balaban J connectivity index is 2.68. The monoisotopic (exact) mass is 200 g/mol. The molecule has 0 aliphatic carbocycles. The van der Waals surface area contributed by atoms with E-state index in [-0.39, 0.29) is 0 Å². The summed E-state index contributed by atoms with van der Waals surface area (Å²) in [6, 6.07) is 7.18. The third kappa shape index (κ3) is 3.17. The summed E-state index contributed by atoms with van der Waals surface area (Å²) in [6.45, 7) is 0. The molecule has 3 heteroatoms. The molecule has 1 aromatic carbocycles. The maximum absolute atomic E-state index is 11.7. The van der Waals surface area contributed by atoms with E-state index in [1.54, 1.807) is 12.1 Å². The highest BCUT2D eigenvalue weighted by molar-refractivity contribution is 6.31. The molecule has 0 saturated carbocycles. The molecular formula is C10H10ClFO. The van der Waals surface area contributed by atoms with Gasteiger partial charge in [0.1, 0.15) is 0 Å². The zero-order valence-electron chi connectivity index (χ0n) is 6.95. The van der Waals surface area contributed by atoms with Crippen molar-refractivity contribution in [1.82, 2.24) is 0 Å². The molecule has 1 rings (SSSR count). The van der Waals surface area contributed by atoms with Crippen molar-refractivity contribution < 1.29 is 9.50 Å². The summed E-state index contributed by atoms with van der Waals surface area (Å²) in [5.41, 5.74) is 0.815. The lowest BCUT2D eigenvalue weighted by Crippen LogP contribution is -2.06. The topological polar surface area (TPSA) is 20.2 Å². The predicted octanol–water partition coefficient (Wildman–Crippen LogP) is 2.73. The quantitative estimate of drug-likeness (QED) is 0.796. The van der Waals surface area contributed by atoms with Gasteiger partial charge in [0, 0.05) is 11.4 Å². The Morgan fingerprint density at radius 2 is 2.15 bits per heavy atom. The van der Waals surface area contributed by atoms with Crippen molar-refractivity contribution >= 4 is 11.6 Å². The minimum atomic E-state index is -0.815. The van der Waals surface area contributed by atoms with E-state index >= 15 is 0 Å². The van der Waals surface area contributed by atoms with Crippen molar-refractivity contribution in [3.63, 3.8) is 0 Å². The summed E-state index contributed by atoms with van der Waals surface area (Å²) in [5.74, 6) is 0. The number of aliphatic hydroxyl groups is 1. The van der Waals surface area contributed by atoms with Gasteiger partial charge in [0.25, 0.3) is 0 Å². The van der Waals surface area contributed by atoms with Crippen molar-refractivity contribution in [3.8, 4) is 0 Å². The molecule has 0 spiro atoms. The van der Waals surface area contributed by atoms with E-state index < -0.39 is 6.10 Å². The smallest absolute Gasteiger partial charge is 0.0852 e. The van der Waals surface area contributed by atoms with Crippen LogP contribution in [0.15, 0.2) is 36.7 Å². The molecule has 0 aromatic heterocycles. The second-order valence-corrected chi connectivity index (χ2v) is 3.09. The van der Waals surface area contributed by atoms with Crippen LogP contribution >= 0.6 is 11.6 Å². The lowest BCUT2D eigenvalue weighted by atomic mass is 10.1. The van der Waals surface area contributed by atoms with Crippen LogP contribution in [0.4, 0.5) is 4.39 Å². The molecule has 0 amide bonds. The maximum Gasteiger partial charge on any atom is 0.0852 e. The highest BCUT2D eigenvalue weighted by Crippen LogP contribution is 2.16. The highest BCUT2D eigenvalue weighted by Gasteiger charge is 2.04. The van der Waals surface area contributed by atoms with E-state index in [0.29, 0.717) is 17.8 Å². The number of halogens is 2. The zero-order valence-corrected chi connectivity index (χ0v) is 7.71. The molecule has 70 valence electrons.